The number of carbonyl (C=O) groups is 2. The predicted octanol–water partition coefficient (Wildman–Crippen LogP) is 5.50. The van der Waals surface area contributed by atoms with E-state index in [-0.39, 0.29) is 11.3 Å². The van der Waals surface area contributed by atoms with Crippen LogP contribution in [0.3, 0.4) is 0 Å². The number of amides is 1. The summed E-state index contributed by atoms with van der Waals surface area (Å²) >= 11 is 0. The molecule has 0 radical (unpaired) electrons. The molecular formula is C26H27NO2. The Hall–Kier alpha value is -3.20. The second-order valence-corrected chi connectivity index (χ2v) is 7.73. The maximum Gasteiger partial charge on any atom is 0.252 e. The minimum atomic E-state index is -0.0863. The summed E-state index contributed by atoms with van der Waals surface area (Å²) < 4.78 is 0. The molecule has 1 aliphatic carbocycles. The smallest absolute Gasteiger partial charge is 0.252 e. The van der Waals surface area contributed by atoms with E-state index in [2.05, 4.69) is 18.3 Å². The molecule has 1 unspecified atom stereocenters. The number of hydrogen-bond acceptors (Lipinski definition) is 2. The van der Waals surface area contributed by atoms with Crippen LogP contribution in [0.25, 0.3) is 6.08 Å². The topological polar surface area (TPSA) is 46.2 Å². The average Bonchev–Trinajstić information content (AvgIpc) is 3.08. The van der Waals surface area contributed by atoms with Crippen molar-refractivity contribution in [3.63, 3.8) is 0 Å². The molecule has 0 bridgehead atoms. The molecule has 1 amide bonds. The van der Waals surface area contributed by atoms with Gasteiger partial charge in [-0.2, -0.15) is 0 Å². The van der Waals surface area contributed by atoms with Crippen LogP contribution in [-0.2, 0) is 11.3 Å². The largest absolute Gasteiger partial charge is 0.348 e. The minimum absolute atomic E-state index is 0.00538. The molecule has 1 saturated carbocycles. The second kappa shape index (κ2) is 9.83. The molecular weight excluding hydrogens is 358 g/mol. The quantitative estimate of drug-likeness (QED) is 0.640. The number of nitrogens with one attached hydrogen (secondary N) is 1. The molecule has 29 heavy (non-hydrogen) atoms. The van der Waals surface area contributed by atoms with Gasteiger partial charge in [-0.25, -0.2) is 0 Å². The second-order valence-electron chi connectivity index (χ2n) is 7.73. The van der Waals surface area contributed by atoms with Gasteiger partial charge >= 0.3 is 0 Å². The zero-order valence-corrected chi connectivity index (χ0v) is 16.8. The molecule has 1 atom stereocenters. The highest BCUT2D eigenvalue weighted by atomic mass is 16.1. The Bertz CT molecular complexity index is 940. The summed E-state index contributed by atoms with van der Waals surface area (Å²) in [5.74, 6) is 0.264. The fourth-order valence-corrected chi connectivity index (χ4v) is 3.49. The Labute approximate surface area is 172 Å². The maximum atomic E-state index is 12.6. The fourth-order valence-electron chi connectivity index (χ4n) is 3.49. The van der Waals surface area contributed by atoms with Crippen molar-refractivity contribution >= 4 is 17.8 Å². The zero-order valence-electron chi connectivity index (χ0n) is 16.8. The van der Waals surface area contributed by atoms with Gasteiger partial charge < -0.3 is 5.32 Å². The van der Waals surface area contributed by atoms with Gasteiger partial charge in [0.05, 0.1) is 0 Å². The van der Waals surface area contributed by atoms with Gasteiger partial charge in [0, 0.05) is 24.9 Å². The van der Waals surface area contributed by atoms with Crippen LogP contribution in [0.2, 0.25) is 0 Å². The average molecular weight is 386 g/mol. The lowest BCUT2D eigenvalue weighted by Crippen LogP contribution is -2.23. The summed E-state index contributed by atoms with van der Waals surface area (Å²) in [4.78, 5) is 24.1. The molecule has 2 aromatic rings. The summed E-state index contributed by atoms with van der Waals surface area (Å²) in [6, 6.07) is 17.4. The number of Topliss-reactive ketones (excluding diaryl/α,β-unsaturated/α-hetero) is 1. The lowest BCUT2D eigenvalue weighted by molar-refractivity contribution is -0.117. The van der Waals surface area contributed by atoms with Crippen molar-refractivity contribution < 1.29 is 9.59 Å². The highest BCUT2D eigenvalue weighted by Crippen LogP contribution is 2.36. The SMILES string of the molecule is CC1(/C=C/C=C/C=C\c2ccccc2C(=O)NCc2ccccc2)CCC(=O)C1. The first-order valence-corrected chi connectivity index (χ1v) is 10.0. The van der Waals surface area contributed by atoms with Crippen molar-refractivity contribution in [1.29, 1.82) is 0 Å². The Morgan fingerprint density at radius 2 is 1.72 bits per heavy atom. The highest BCUT2D eigenvalue weighted by Gasteiger charge is 2.30. The Kier molecular flexibility index (Phi) is 6.96. The lowest BCUT2D eigenvalue weighted by atomic mass is 9.88. The van der Waals surface area contributed by atoms with E-state index in [0.717, 1.165) is 17.5 Å². The van der Waals surface area contributed by atoms with Crippen molar-refractivity contribution in [2.45, 2.75) is 32.7 Å². The first-order valence-electron chi connectivity index (χ1n) is 10.0. The van der Waals surface area contributed by atoms with Crippen molar-refractivity contribution in [3.05, 3.63) is 102 Å². The molecule has 1 fully saturated rings. The third-order valence-electron chi connectivity index (χ3n) is 5.18. The van der Waals surface area contributed by atoms with E-state index < -0.39 is 0 Å². The van der Waals surface area contributed by atoms with Crippen LogP contribution in [0.1, 0.15) is 47.7 Å². The Balaban J connectivity index is 1.58. The van der Waals surface area contributed by atoms with E-state index in [4.69, 9.17) is 0 Å². The van der Waals surface area contributed by atoms with Crippen molar-refractivity contribution in [1.82, 2.24) is 5.32 Å². The number of allylic oxidation sites excluding steroid dienone is 5. The Morgan fingerprint density at radius 1 is 1.00 bits per heavy atom. The molecule has 0 aliphatic heterocycles. The van der Waals surface area contributed by atoms with Gasteiger partial charge in [0.1, 0.15) is 5.78 Å². The summed E-state index contributed by atoms with van der Waals surface area (Å²) in [6.07, 6.45) is 14.1. The molecule has 3 heteroatoms. The van der Waals surface area contributed by atoms with Crippen LogP contribution >= 0.6 is 0 Å². The van der Waals surface area contributed by atoms with E-state index >= 15 is 0 Å². The van der Waals surface area contributed by atoms with Crippen LogP contribution in [-0.4, -0.2) is 11.7 Å². The molecule has 3 nitrogen and oxygen atoms in total. The van der Waals surface area contributed by atoms with Gasteiger partial charge in [-0.05, 0) is 29.0 Å². The molecule has 0 spiro atoms. The van der Waals surface area contributed by atoms with Crippen LogP contribution < -0.4 is 5.32 Å². The Morgan fingerprint density at radius 3 is 2.48 bits per heavy atom. The highest BCUT2D eigenvalue weighted by molar-refractivity contribution is 5.97. The summed E-state index contributed by atoms with van der Waals surface area (Å²) in [5, 5.41) is 2.98. The van der Waals surface area contributed by atoms with Crippen LogP contribution in [0.5, 0.6) is 0 Å². The molecule has 3 rings (SSSR count). The lowest BCUT2D eigenvalue weighted by Gasteiger charge is -2.15. The van der Waals surface area contributed by atoms with Gasteiger partial charge in [0.15, 0.2) is 0 Å². The normalized spacial score (nSPS) is 19.6. The van der Waals surface area contributed by atoms with E-state index in [0.29, 0.717) is 30.7 Å². The van der Waals surface area contributed by atoms with Gasteiger partial charge in [-0.3, -0.25) is 9.59 Å². The van der Waals surface area contributed by atoms with Crippen molar-refractivity contribution in [2.24, 2.45) is 5.41 Å². The van der Waals surface area contributed by atoms with Crippen molar-refractivity contribution in [3.8, 4) is 0 Å². The molecule has 2 aromatic carbocycles. The number of carbonyl (C=O) groups excluding carboxylic acids is 2. The molecule has 0 aromatic heterocycles. The first-order chi connectivity index (χ1) is 14.1. The third kappa shape index (κ3) is 6.15. The van der Waals surface area contributed by atoms with E-state index in [9.17, 15) is 9.59 Å². The number of rotatable bonds is 7. The molecule has 148 valence electrons. The van der Waals surface area contributed by atoms with E-state index in [1.807, 2.05) is 85.0 Å². The minimum Gasteiger partial charge on any atom is -0.348 e. The zero-order chi connectivity index (χ0) is 20.5. The van der Waals surface area contributed by atoms with Gasteiger partial charge in [0.2, 0.25) is 0 Å². The van der Waals surface area contributed by atoms with E-state index in [1.54, 1.807) is 0 Å². The molecule has 0 saturated heterocycles. The number of benzene rings is 2. The summed E-state index contributed by atoms with van der Waals surface area (Å²) in [7, 11) is 0. The first kappa shape index (κ1) is 20.5. The van der Waals surface area contributed by atoms with Crippen LogP contribution in [0, 0.1) is 5.41 Å². The molecule has 1 aliphatic rings. The van der Waals surface area contributed by atoms with E-state index in [1.165, 1.54) is 0 Å². The maximum absolute atomic E-state index is 12.6. The predicted molar refractivity (Wildman–Crippen MR) is 118 cm³/mol. The van der Waals surface area contributed by atoms with Gasteiger partial charge in [0.25, 0.3) is 5.91 Å². The van der Waals surface area contributed by atoms with Gasteiger partial charge in [-0.1, -0.05) is 91.9 Å². The van der Waals surface area contributed by atoms with Crippen LogP contribution in [0.15, 0.2) is 85.0 Å². The standard InChI is InChI=1S/C26H27NO2/c1-26(18-16-23(28)19-26)17-10-3-2-7-13-22-14-8-9-15-24(22)25(29)27-20-21-11-5-4-6-12-21/h2-15,17H,16,18-20H2,1H3,(H,27,29)/b3-2+,13-7-,17-10+. The summed E-state index contributed by atoms with van der Waals surface area (Å²) in [6.45, 7) is 2.63. The number of ketones is 1. The van der Waals surface area contributed by atoms with Crippen LogP contribution in [0.4, 0.5) is 0 Å². The fraction of sp³-hybridized carbons (Fsp3) is 0.231. The van der Waals surface area contributed by atoms with Gasteiger partial charge in [-0.15, -0.1) is 0 Å². The third-order valence-corrected chi connectivity index (χ3v) is 5.18. The summed E-state index contributed by atoms with van der Waals surface area (Å²) in [5.41, 5.74) is 2.59. The molecule has 1 N–H and O–H groups in total. The monoisotopic (exact) mass is 385 g/mol. The molecule has 0 heterocycles. The number of hydrogen-bond donors (Lipinski definition) is 1. The van der Waals surface area contributed by atoms with Crippen molar-refractivity contribution in [2.75, 3.05) is 0 Å².